The molecule has 0 unspecified atom stereocenters. The van der Waals surface area contributed by atoms with E-state index in [9.17, 15) is 4.39 Å². The average molecular weight is 522 g/mol. The molecule has 4 aromatic rings. The smallest absolute Gasteiger partial charge is 0.175 e. The van der Waals surface area contributed by atoms with Gasteiger partial charge in [-0.1, -0.05) is 30.3 Å². The number of nitrogens with one attached hydrogen (secondary N) is 1. The molecule has 0 aromatic heterocycles. The average Bonchev–Trinajstić information content (AvgIpc) is 2.85. The molecule has 4 nitrogen and oxygen atoms in total. The topological polar surface area (TPSA) is 39.7 Å². The number of anilines is 1. The van der Waals surface area contributed by atoms with Gasteiger partial charge in [0.05, 0.1) is 11.1 Å². The van der Waals surface area contributed by atoms with Crippen LogP contribution in [0, 0.1) is 5.82 Å². The summed E-state index contributed by atoms with van der Waals surface area (Å²) in [5.41, 5.74) is 2.89. The van der Waals surface area contributed by atoms with Gasteiger partial charge in [0.2, 0.25) is 0 Å². The summed E-state index contributed by atoms with van der Waals surface area (Å²) in [5, 5.41) is 3.42. The molecular formula is C28H25BrFNO3. The molecule has 0 heterocycles. The lowest BCUT2D eigenvalue weighted by atomic mass is 10.2. The molecule has 0 spiro atoms. The van der Waals surface area contributed by atoms with Crippen LogP contribution in [-0.2, 0) is 13.2 Å². The fourth-order valence-electron chi connectivity index (χ4n) is 3.33. The number of hydrogen-bond donors (Lipinski definition) is 1. The summed E-state index contributed by atoms with van der Waals surface area (Å²) in [5.74, 6) is 2.59. The Morgan fingerprint density at radius 1 is 0.794 bits per heavy atom. The predicted octanol–water partition coefficient (Wildman–Crippen LogP) is 7.97. The molecular weight excluding hydrogens is 497 g/mol. The Bertz CT molecular complexity index is 1200. The van der Waals surface area contributed by atoms with E-state index in [2.05, 4.69) is 21.2 Å². The molecule has 0 radical (unpaired) electrons. The normalized spacial score (nSPS) is 10.6. The van der Waals surface area contributed by atoms with E-state index in [1.54, 1.807) is 12.1 Å². The maximum absolute atomic E-state index is 13.1. The third-order valence-electron chi connectivity index (χ3n) is 5.00. The molecule has 0 fully saturated rings. The third-order valence-corrected chi connectivity index (χ3v) is 5.58. The predicted molar refractivity (Wildman–Crippen MR) is 136 cm³/mol. The summed E-state index contributed by atoms with van der Waals surface area (Å²) in [7, 11) is 0. The van der Waals surface area contributed by atoms with Crippen molar-refractivity contribution < 1.29 is 18.6 Å². The minimum atomic E-state index is -0.268. The monoisotopic (exact) mass is 521 g/mol. The molecule has 0 saturated carbocycles. The Hall–Kier alpha value is -3.51. The molecule has 174 valence electrons. The second-order valence-electron chi connectivity index (χ2n) is 7.55. The Balaban J connectivity index is 1.40. The zero-order valence-corrected chi connectivity index (χ0v) is 20.3. The van der Waals surface area contributed by atoms with Crippen molar-refractivity contribution in [1.29, 1.82) is 0 Å². The summed E-state index contributed by atoms with van der Waals surface area (Å²) in [6, 6.07) is 27.8. The van der Waals surface area contributed by atoms with Crippen molar-refractivity contribution in [2.24, 2.45) is 0 Å². The van der Waals surface area contributed by atoms with Gasteiger partial charge in [0.1, 0.15) is 23.9 Å². The van der Waals surface area contributed by atoms with E-state index in [1.807, 2.05) is 73.7 Å². The Morgan fingerprint density at radius 3 is 2.21 bits per heavy atom. The molecule has 0 saturated heterocycles. The van der Waals surface area contributed by atoms with Crippen molar-refractivity contribution in [2.45, 2.75) is 20.1 Å². The van der Waals surface area contributed by atoms with Crippen LogP contribution < -0.4 is 19.5 Å². The first-order valence-corrected chi connectivity index (χ1v) is 11.8. The van der Waals surface area contributed by atoms with Crippen LogP contribution in [0.4, 0.5) is 10.1 Å². The minimum Gasteiger partial charge on any atom is -0.490 e. The molecule has 1 N–H and O–H groups in total. The lowest BCUT2D eigenvalue weighted by molar-refractivity contribution is 0.267. The van der Waals surface area contributed by atoms with E-state index >= 15 is 0 Å². The Labute approximate surface area is 207 Å². The number of ether oxygens (including phenoxy) is 3. The number of rotatable bonds is 10. The van der Waals surface area contributed by atoms with Crippen LogP contribution in [-0.4, -0.2) is 6.61 Å². The molecule has 0 aliphatic rings. The lowest BCUT2D eigenvalue weighted by Gasteiger charge is -2.16. The first-order chi connectivity index (χ1) is 16.6. The Kier molecular flexibility index (Phi) is 8.04. The second kappa shape index (κ2) is 11.6. The van der Waals surface area contributed by atoms with Crippen molar-refractivity contribution >= 4 is 21.6 Å². The highest BCUT2D eigenvalue weighted by atomic mass is 79.9. The van der Waals surface area contributed by atoms with Crippen LogP contribution in [0.5, 0.6) is 23.0 Å². The number of halogens is 2. The van der Waals surface area contributed by atoms with Crippen LogP contribution in [0.25, 0.3) is 0 Å². The molecule has 0 bridgehead atoms. The summed E-state index contributed by atoms with van der Waals surface area (Å²) in [6.07, 6.45) is 0. The number of para-hydroxylation sites is 1. The van der Waals surface area contributed by atoms with Gasteiger partial charge in [0.25, 0.3) is 0 Å². The van der Waals surface area contributed by atoms with Gasteiger partial charge in [-0.2, -0.15) is 0 Å². The molecule has 0 aliphatic heterocycles. The largest absolute Gasteiger partial charge is 0.490 e. The molecule has 4 rings (SSSR count). The maximum Gasteiger partial charge on any atom is 0.175 e. The third kappa shape index (κ3) is 6.51. The van der Waals surface area contributed by atoms with Gasteiger partial charge in [-0.15, -0.1) is 0 Å². The zero-order valence-electron chi connectivity index (χ0n) is 18.8. The lowest BCUT2D eigenvalue weighted by Crippen LogP contribution is -2.04. The van der Waals surface area contributed by atoms with Crippen LogP contribution in [0.2, 0.25) is 0 Å². The van der Waals surface area contributed by atoms with Crippen LogP contribution >= 0.6 is 15.9 Å². The highest BCUT2D eigenvalue weighted by Crippen LogP contribution is 2.37. The van der Waals surface area contributed by atoms with Crippen molar-refractivity contribution in [1.82, 2.24) is 0 Å². The van der Waals surface area contributed by atoms with Gasteiger partial charge in [-0.3, -0.25) is 0 Å². The van der Waals surface area contributed by atoms with E-state index in [4.69, 9.17) is 14.2 Å². The van der Waals surface area contributed by atoms with Crippen LogP contribution in [0.15, 0.2) is 95.5 Å². The highest BCUT2D eigenvalue weighted by molar-refractivity contribution is 9.10. The molecule has 6 heteroatoms. The van der Waals surface area contributed by atoms with E-state index in [1.165, 1.54) is 12.1 Å². The Morgan fingerprint density at radius 2 is 1.50 bits per heavy atom. The summed E-state index contributed by atoms with van der Waals surface area (Å²) >= 11 is 3.61. The molecule has 0 aliphatic carbocycles. The number of benzene rings is 4. The van der Waals surface area contributed by atoms with Gasteiger partial charge in [0.15, 0.2) is 11.5 Å². The van der Waals surface area contributed by atoms with Gasteiger partial charge in [-0.05, 0) is 94.6 Å². The summed E-state index contributed by atoms with van der Waals surface area (Å²) in [6.45, 7) is 3.37. The summed E-state index contributed by atoms with van der Waals surface area (Å²) < 4.78 is 31.6. The molecule has 4 aromatic carbocycles. The quantitative estimate of drug-likeness (QED) is 0.229. The first-order valence-electron chi connectivity index (χ1n) is 11.0. The summed E-state index contributed by atoms with van der Waals surface area (Å²) in [4.78, 5) is 0. The second-order valence-corrected chi connectivity index (χ2v) is 8.40. The van der Waals surface area contributed by atoms with Crippen molar-refractivity contribution in [3.05, 3.63) is 112 Å². The van der Waals surface area contributed by atoms with E-state index < -0.39 is 0 Å². The van der Waals surface area contributed by atoms with Gasteiger partial charge in [0, 0.05) is 12.2 Å². The highest BCUT2D eigenvalue weighted by Gasteiger charge is 2.13. The molecule has 0 amide bonds. The SMILES string of the molecule is CCOc1cc(CNc2ccc(Oc3ccccc3)cc2)cc(Br)c1OCc1ccc(F)cc1. The van der Waals surface area contributed by atoms with Crippen LogP contribution in [0.1, 0.15) is 18.1 Å². The van der Waals surface area contributed by atoms with E-state index in [-0.39, 0.29) is 5.82 Å². The van der Waals surface area contributed by atoms with E-state index in [0.29, 0.717) is 31.3 Å². The molecule has 0 atom stereocenters. The van der Waals surface area contributed by atoms with Crippen molar-refractivity contribution in [3.63, 3.8) is 0 Å². The van der Waals surface area contributed by atoms with Gasteiger partial charge in [-0.25, -0.2) is 4.39 Å². The number of hydrogen-bond acceptors (Lipinski definition) is 4. The molecule has 34 heavy (non-hydrogen) atoms. The van der Waals surface area contributed by atoms with Crippen LogP contribution in [0.3, 0.4) is 0 Å². The fourth-order valence-corrected chi connectivity index (χ4v) is 3.94. The first kappa shape index (κ1) is 23.6. The van der Waals surface area contributed by atoms with Crippen molar-refractivity contribution in [3.8, 4) is 23.0 Å². The zero-order chi connectivity index (χ0) is 23.8. The van der Waals surface area contributed by atoms with Gasteiger partial charge >= 0.3 is 0 Å². The standard InChI is InChI=1S/C28H25BrFNO3/c1-2-32-27-17-21(16-26(29)28(27)33-19-20-8-10-22(30)11-9-20)18-31-23-12-14-25(15-13-23)34-24-6-4-3-5-7-24/h3-17,31H,2,18-19H2,1H3. The minimum absolute atomic E-state index is 0.268. The fraction of sp³-hybridized carbons (Fsp3) is 0.143. The van der Waals surface area contributed by atoms with E-state index in [0.717, 1.165) is 32.8 Å². The maximum atomic E-state index is 13.1. The van der Waals surface area contributed by atoms with Crippen molar-refractivity contribution in [2.75, 3.05) is 11.9 Å². The van der Waals surface area contributed by atoms with Gasteiger partial charge < -0.3 is 19.5 Å².